The van der Waals surface area contributed by atoms with E-state index in [1.165, 1.54) is 77.0 Å². The SMILES string of the molecule is C1CCOC1.C1CCOC1.C1CCOC1.C1CCOC1.C1CCOC1.C1CCOC1.CC(C)C[N-]c1ccccc1.CC(C)C[N-]c1ccccc1.CC(C)C[N-]c1ccccc1.CC(C)C[N-]c1ccccc1.[Li+].[Li+].[Li+].[Li+]. The van der Waals surface area contributed by atoms with Gasteiger partial charge in [0.05, 0.1) is 0 Å². The number of rotatable bonds is 12. The molecule has 6 saturated heterocycles. The zero-order valence-electron chi connectivity index (χ0n) is 51.9. The summed E-state index contributed by atoms with van der Waals surface area (Å²) in [7, 11) is 0. The molecule has 4 aromatic rings. The van der Waals surface area contributed by atoms with Gasteiger partial charge in [0.2, 0.25) is 0 Å². The third-order valence-electron chi connectivity index (χ3n) is 10.5. The van der Waals surface area contributed by atoms with E-state index < -0.39 is 0 Å². The van der Waals surface area contributed by atoms with Crippen LogP contribution >= 0.6 is 0 Å². The number of hydrogen-bond donors (Lipinski definition) is 0. The van der Waals surface area contributed by atoms with E-state index in [4.69, 9.17) is 28.4 Å². The Hall–Kier alpha value is -1.77. The second kappa shape index (κ2) is 64.4. The van der Waals surface area contributed by atoms with E-state index in [9.17, 15) is 0 Å². The number of hydrogen-bond acceptors (Lipinski definition) is 6. The molecule has 0 saturated carbocycles. The van der Waals surface area contributed by atoms with Crippen molar-refractivity contribution in [1.29, 1.82) is 0 Å². The van der Waals surface area contributed by atoms with Crippen molar-refractivity contribution in [1.82, 2.24) is 0 Å². The van der Waals surface area contributed by atoms with Gasteiger partial charge in [0.1, 0.15) is 0 Å². The Morgan fingerprint density at radius 1 is 0.244 bits per heavy atom. The first-order valence-corrected chi connectivity index (χ1v) is 28.5. The summed E-state index contributed by atoms with van der Waals surface area (Å²) >= 11 is 0. The van der Waals surface area contributed by atoms with Crippen LogP contribution in [0.25, 0.3) is 21.3 Å². The van der Waals surface area contributed by atoms with E-state index in [1.54, 1.807) is 0 Å². The van der Waals surface area contributed by atoms with Crippen LogP contribution in [0.2, 0.25) is 0 Å². The fourth-order valence-corrected chi connectivity index (χ4v) is 6.35. The van der Waals surface area contributed by atoms with E-state index in [-0.39, 0.29) is 75.4 Å². The molecule has 0 bridgehead atoms. The van der Waals surface area contributed by atoms with Crippen LogP contribution in [0.3, 0.4) is 0 Å². The summed E-state index contributed by atoms with van der Waals surface area (Å²) < 4.78 is 29.7. The number of nitrogens with zero attached hydrogens (tertiary/aromatic N) is 4. The van der Waals surface area contributed by atoms with Crippen molar-refractivity contribution in [3.8, 4) is 0 Å². The van der Waals surface area contributed by atoms with Crippen LogP contribution in [0.1, 0.15) is 132 Å². The van der Waals surface area contributed by atoms with Crippen molar-refractivity contribution in [3.05, 3.63) is 143 Å². The van der Waals surface area contributed by atoms with Crippen molar-refractivity contribution < 1.29 is 104 Å². The van der Waals surface area contributed by atoms with Crippen LogP contribution in [-0.4, -0.2) is 105 Å². The van der Waals surface area contributed by atoms with E-state index in [0.717, 1.165) is 128 Å². The first-order valence-electron chi connectivity index (χ1n) is 28.5. The first-order chi connectivity index (χ1) is 36.2. The minimum atomic E-state index is 0. The number of benzene rings is 4. The van der Waals surface area contributed by atoms with Gasteiger partial charge in [0.15, 0.2) is 0 Å². The summed E-state index contributed by atoms with van der Waals surface area (Å²) in [6.45, 7) is 33.1. The Morgan fingerprint density at radius 3 is 0.462 bits per heavy atom. The molecule has 0 aromatic heterocycles. The normalized spacial score (nSPS) is 14.9. The van der Waals surface area contributed by atoms with Gasteiger partial charge in [-0.1, -0.05) is 200 Å². The predicted molar refractivity (Wildman–Crippen MR) is 317 cm³/mol. The largest absolute Gasteiger partial charge is 1.00 e. The third kappa shape index (κ3) is 61.8. The Kier molecular flexibility index (Phi) is 68.3. The first kappa shape index (κ1) is 82.7. The second-order valence-corrected chi connectivity index (χ2v) is 20.2. The van der Waals surface area contributed by atoms with Gasteiger partial charge in [0.25, 0.3) is 0 Å². The molecule has 6 aliphatic rings. The average molecular weight is 1050 g/mol. The van der Waals surface area contributed by atoms with E-state index >= 15 is 0 Å². The fraction of sp³-hybridized carbons (Fsp3) is 0.625. The van der Waals surface area contributed by atoms with Gasteiger partial charge >= 0.3 is 75.4 Å². The average Bonchev–Trinajstić information content (AvgIpc) is 4.29. The van der Waals surface area contributed by atoms with Gasteiger partial charge in [0, 0.05) is 79.3 Å². The molecule has 14 heteroatoms. The van der Waals surface area contributed by atoms with Crippen LogP contribution in [0.15, 0.2) is 121 Å². The van der Waals surface area contributed by atoms with E-state index in [2.05, 4.69) is 76.7 Å². The molecule has 0 atom stereocenters. The van der Waals surface area contributed by atoms with Crippen molar-refractivity contribution in [2.24, 2.45) is 23.7 Å². The summed E-state index contributed by atoms with van der Waals surface area (Å²) in [5, 5.41) is 17.6. The summed E-state index contributed by atoms with van der Waals surface area (Å²) in [6.07, 6.45) is 15.3. The van der Waals surface area contributed by atoms with Gasteiger partial charge in [-0.25, -0.2) is 0 Å². The van der Waals surface area contributed by atoms with Gasteiger partial charge < -0.3 is 49.7 Å². The zero-order valence-corrected chi connectivity index (χ0v) is 51.9. The van der Waals surface area contributed by atoms with Gasteiger partial charge in [-0.05, 0) is 77.0 Å². The summed E-state index contributed by atoms with van der Waals surface area (Å²) in [6, 6.07) is 40.4. The molecule has 420 valence electrons. The molecule has 0 unspecified atom stereocenters. The minimum Gasteiger partial charge on any atom is -0.684 e. The maximum absolute atomic E-state index is 4.94. The summed E-state index contributed by atoms with van der Waals surface area (Å²) in [4.78, 5) is 0. The van der Waals surface area contributed by atoms with Crippen LogP contribution in [0.4, 0.5) is 22.7 Å². The van der Waals surface area contributed by atoms with Crippen LogP contribution in [0, 0.1) is 23.7 Å². The Bertz CT molecular complexity index is 1360. The van der Waals surface area contributed by atoms with Crippen LogP contribution in [-0.2, 0) is 28.4 Å². The molecule has 0 N–H and O–H groups in total. The Morgan fingerprint density at radius 2 is 0.372 bits per heavy atom. The van der Waals surface area contributed by atoms with E-state index in [0.29, 0.717) is 23.7 Å². The van der Waals surface area contributed by atoms with Crippen LogP contribution in [0.5, 0.6) is 0 Å². The zero-order chi connectivity index (χ0) is 53.6. The minimum absolute atomic E-state index is 0. The van der Waals surface area contributed by atoms with Crippen LogP contribution < -0.4 is 75.4 Å². The van der Waals surface area contributed by atoms with Gasteiger partial charge in [-0.3, -0.25) is 0 Å². The van der Waals surface area contributed by atoms with Crippen molar-refractivity contribution in [2.75, 3.05) is 105 Å². The smallest absolute Gasteiger partial charge is 0.684 e. The van der Waals surface area contributed by atoms with Crippen molar-refractivity contribution >= 4 is 22.7 Å². The Balaban J connectivity index is -0.000000395. The summed E-state index contributed by atoms with van der Waals surface area (Å²) in [5.41, 5.74) is 4.34. The number of ether oxygens (including phenoxy) is 6. The molecule has 6 heterocycles. The summed E-state index contributed by atoms with van der Waals surface area (Å²) in [5.74, 6) is 2.59. The molecule has 0 spiro atoms. The molecular weight excluding hydrogens is 948 g/mol. The molecule has 0 aliphatic carbocycles. The quantitative estimate of drug-likeness (QED) is 0.157. The predicted octanol–water partition coefficient (Wildman–Crippen LogP) is 6.19. The Labute approximate surface area is 526 Å². The van der Waals surface area contributed by atoms with Gasteiger partial charge in [-0.2, -0.15) is 0 Å². The number of para-hydroxylation sites is 4. The van der Waals surface area contributed by atoms with Crippen molar-refractivity contribution in [3.63, 3.8) is 0 Å². The molecule has 10 nitrogen and oxygen atoms in total. The fourth-order valence-electron chi connectivity index (χ4n) is 6.35. The molecule has 6 fully saturated rings. The molecule has 10 rings (SSSR count). The molecular formula is C64H104Li4N4O6. The molecule has 4 aromatic carbocycles. The topological polar surface area (TPSA) is 112 Å². The maximum atomic E-state index is 4.94. The van der Waals surface area contributed by atoms with E-state index in [1.807, 2.05) is 121 Å². The standard InChI is InChI=1S/4C10H14N.6C4H8O.4Li/c4*1-9(2)8-11-10-6-4-3-5-7-10;6*1-2-4-5-3-1;;;;/h4*3-7,9H,8H2,1-2H3;6*1-4H2;;;;/q4*-1;;;;;;;4*+1. The third-order valence-corrected chi connectivity index (χ3v) is 10.5. The molecule has 6 aliphatic heterocycles. The molecule has 78 heavy (non-hydrogen) atoms. The molecule has 0 amide bonds. The molecule has 0 radical (unpaired) electrons. The second-order valence-electron chi connectivity index (χ2n) is 20.2. The monoisotopic (exact) mass is 1050 g/mol. The van der Waals surface area contributed by atoms with Gasteiger partial charge in [-0.15, -0.1) is 48.9 Å². The van der Waals surface area contributed by atoms with Crippen molar-refractivity contribution in [2.45, 2.75) is 132 Å². The maximum Gasteiger partial charge on any atom is 1.00 e.